The van der Waals surface area contributed by atoms with Gasteiger partial charge < -0.3 is 10.8 Å². The Bertz CT molecular complexity index is 789. The maximum atomic E-state index is 10.2. The number of rotatable bonds is 2. The third kappa shape index (κ3) is 2.06. The fourth-order valence-electron chi connectivity index (χ4n) is 2.16. The number of nitrogens with two attached hydrogens (primary N) is 1. The third-order valence-electron chi connectivity index (χ3n) is 3.18. The molecule has 100 valence electrons. The van der Waals surface area contributed by atoms with Gasteiger partial charge in [0.1, 0.15) is 11.4 Å². The minimum atomic E-state index is 0.195. The van der Waals surface area contributed by atoms with Crippen molar-refractivity contribution in [1.82, 2.24) is 10.2 Å². The normalized spacial score (nSPS) is 10.8. The van der Waals surface area contributed by atoms with Gasteiger partial charge in [0.15, 0.2) is 5.82 Å². The maximum Gasteiger partial charge on any atom is 0.154 e. The Balaban J connectivity index is 2.27. The van der Waals surface area contributed by atoms with Crippen molar-refractivity contribution in [2.24, 2.45) is 0 Å². The van der Waals surface area contributed by atoms with E-state index in [2.05, 4.69) is 10.2 Å². The molecule has 3 aromatic rings. The van der Waals surface area contributed by atoms with E-state index in [0.717, 1.165) is 15.7 Å². The van der Waals surface area contributed by atoms with E-state index in [1.807, 2.05) is 42.7 Å². The van der Waals surface area contributed by atoms with E-state index in [1.165, 1.54) is 0 Å². The lowest BCUT2D eigenvalue weighted by Gasteiger charge is -2.09. The summed E-state index contributed by atoms with van der Waals surface area (Å²) in [6.07, 6.45) is 1.97. The predicted octanol–water partition coefficient (Wildman–Crippen LogP) is 3.31. The molecule has 0 atom stereocenters. The first-order valence-electron chi connectivity index (χ1n) is 6.09. The minimum Gasteiger partial charge on any atom is -0.507 e. The van der Waals surface area contributed by atoms with E-state index in [-0.39, 0.29) is 5.75 Å². The minimum absolute atomic E-state index is 0.195. The maximum absolute atomic E-state index is 10.2. The number of nitrogen functional groups attached to an aromatic ring is 1. The molecule has 0 bridgehead atoms. The Morgan fingerprint density at radius 2 is 1.80 bits per heavy atom. The van der Waals surface area contributed by atoms with Crippen molar-refractivity contribution < 1.29 is 5.11 Å². The summed E-state index contributed by atoms with van der Waals surface area (Å²) in [5.41, 5.74) is 7.15. The molecule has 5 heteroatoms. The highest BCUT2D eigenvalue weighted by Crippen LogP contribution is 2.35. The van der Waals surface area contributed by atoms with E-state index in [4.69, 9.17) is 5.73 Å². The largest absolute Gasteiger partial charge is 0.507 e. The Labute approximate surface area is 120 Å². The molecule has 3 rings (SSSR count). The van der Waals surface area contributed by atoms with Crippen molar-refractivity contribution in [2.75, 3.05) is 12.0 Å². The Morgan fingerprint density at radius 1 is 1.05 bits per heavy atom. The Kier molecular flexibility index (Phi) is 3.20. The summed E-state index contributed by atoms with van der Waals surface area (Å²) >= 11 is 1.58. The number of aromatic hydroxyl groups is 1. The average Bonchev–Trinajstić information content (AvgIpc) is 2.48. The van der Waals surface area contributed by atoms with Crippen LogP contribution in [0.4, 0.5) is 5.82 Å². The number of anilines is 1. The molecule has 1 heterocycles. The van der Waals surface area contributed by atoms with Gasteiger partial charge in [-0.2, -0.15) is 0 Å². The third-order valence-corrected chi connectivity index (χ3v) is 3.90. The summed E-state index contributed by atoms with van der Waals surface area (Å²) in [6.45, 7) is 0. The van der Waals surface area contributed by atoms with Gasteiger partial charge in [-0.3, -0.25) is 0 Å². The van der Waals surface area contributed by atoms with Crippen molar-refractivity contribution in [3.05, 3.63) is 42.5 Å². The molecule has 4 nitrogen and oxygen atoms in total. The highest BCUT2D eigenvalue weighted by atomic mass is 32.2. The fourth-order valence-corrected chi connectivity index (χ4v) is 2.60. The van der Waals surface area contributed by atoms with Crippen LogP contribution in [0.3, 0.4) is 0 Å². The van der Waals surface area contributed by atoms with Crippen LogP contribution in [0, 0.1) is 0 Å². The van der Waals surface area contributed by atoms with Gasteiger partial charge in [0.2, 0.25) is 0 Å². The van der Waals surface area contributed by atoms with Crippen molar-refractivity contribution in [3.63, 3.8) is 0 Å². The second-order valence-electron chi connectivity index (χ2n) is 4.36. The molecule has 0 amide bonds. The van der Waals surface area contributed by atoms with Gasteiger partial charge in [-0.1, -0.05) is 24.3 Å². The highest BCUT2D eigenvalue weighted by molar-refractivity contribution is 7.98. The van der Waals surface area contributed by atoms with Crippen molar-refractivity contribution in [2.45, 2.75) is 4.90 Å². The van der Waals surface area contributed by atoms with Crippen LogP contribution in [0.2, 0.25) is 0 Å². The number of aromatic nitrogens is 2. The summed E-state index contributed by atoms with van der Waals surface area (Å²) in [5.74, 6) is 0.589. The molecule has 0 aliphatic rings. The number of fused-ring (bicyclic) bond motifs is 1. The van der Waals surface area contributed by atoms with Crippen LogP contribution < -0.4 is 5.73 Å². The molecule has 2 aromatic carbocycles. The quantitative estimate of drug-likeness (QED) is 0.706. The van der Waals surface area contributed by atoms with Gasteiger partial charge in [-0.15, -0.1) is 22.0 Å². The Morgan fingerprint density at radius 3 is 2.50 bits per heavy atom. The van der Waals surface area contributed by atoms with Crippen molar-refractivity contribution >= 4 is 28.4 Å². The van der Waals surface area contributed by atoms with Crippen LogP contribution in [0.1, 0.15) is 0 Å². The van der Waals surface area contributed by atoms with Gasteiger partial charge in [0, 0.05) is 21.2 Å². The molecule has 20 heavy (non-hydrogen) atoms. The van der Waals surface area contributed by atoms with Gasteiger partial charge in [-0.05, 0) is 24.5 Å². The summed E-state index contributed by atoms with van der Waals surface area (Å²) in [6, 6.07) is 13.2. The van der Waals surface area contributed by atoms with Crippen LogP contribution >= 0.6 is 11.8 Å². The SMILES string of the molecule is CSc1ccc(-c2nnc(N)c3ccccc23)c(O)c1. The van der Waals surface area contributed by atoms with Crippen molar-refractivity contribution in [1.29, 1.82) is 0 Å². The number of phenols is 1. The zero-order chi connectivity index (χ0) is 14.1. The van der Waals surface area contributed by atoms with Gasteiger partial charge in [0.25, 0.3) is 0 Å². The van der Waals surface area contributed by atoms with Gasteiger partial charge >= 0.3 is 0 Å². The van der Waals surface area contributed by atoms with E-state index in [0.29, 0.717) is 17.1 Å². The molecule has 3 N–H and O–H groups in total. The molecule has 0 unspecified atom stereocenters. The van der Waals surface area contributed by atoms with Crippen LogP contribution in [0.25, 0.3) is 22.0 Å². The van der Waals surface area contributed by atoms with Crippen LogP contribution in [-0.2, 0) is 0 Å². The zero-order valence-electron chi connectivity index (χ0n) is 10.9. The Hall–Kier alpha value is -2.27. The molecule has 1 aromatic heterocycles. The lowest BCUT2D eigenvalue weighted by atomic mass is 10.0. The molecule has 0 saturated carbocycles. The van der Waals surface area contributed by atoms with E-state index in [9.17, 15) is 5.11 Å². The van der Waals surface area contributed by atoms with Crippen LogP contribution in [0.15, 0.2) is 47.4 Å². The smallest absolute Gasteiger partial charge is 0.154 e. The van der Waals surface area contributed by atoms with Gasteiger partial charge in [0.05, 0.1) is 0 Å². The second-order valence-corrected chi connectivity index (χ2v) is 5.24. The summed E-state index contributed by atoms with van der Waals surface area (Å²) in [5, 5.41) is 20.0. The predicted molar refractivity (Wildman–Crippen MR) is 82.8 cm³/mol. The van der Waals surface area contributed by atoms with Crippen LogP contribution in [-0.4, -0.2) is 21.6 Å². The number of hydrogen-bond acceptors (Lipinski definition) is 5. The monoisotopic (exact) mass is 283 g/mol. The summed E-state index contributed by atoms with van der Waals surface area (Å²) < 4.78 is 0. The van der Waals surface area contributed by atoms with E-state index in [1.54, 1.807) is 17.8 Å². The average molecular weight is 283 g/mol. The zero-order valence-corrected chi connectivity index (χ0v) is 11.7. The first kappa shape index (κ1) is 12.7. The topological polar surface area (TPSA) is 72.0 Å². The number of thioether (sulfide) groups is 1. The summed E-state index contributed by atoms with van der Waals surface area (Å²) in [7, 11) is 0. The van der Waals surface area contributed by atoms with Gasteiger partial charge in [-0.25, -0.2) is 0 Å². The number of phenolic OH excluding ortho intramolecular Hbond substituents is 1. The molecule has 0 fully saturated rings. The molecule has 0 aliphatic heterocycles. The first-order chi connectivity index (χ1) is 9.70. The second kappa shape index (κ2) is 5.02. The number of hydrogen-bond donors (Lipinski definition) is 2. The molecule has 0 radical (unpaired) electrons. The number of nitrogens with zero attached hydrogens (tertiary/aromatic N) is 2. The van der Waals surface area contributed by atoms with Crippen molar-refractivity contribution in [3.8, 4) is 17.0 Å². The molecule has 0 saturated heterocycles. The lowest BCUT2D eigenvalue weighted by molar-refractivity contribution is 0.475. The fraction of sp³-hybridized carbons (Fsp3) is 0.0667. The summed E-state index contributed by atoms with van der Waals surface area (Å²) in [4.78, 5) is 0.999. The van der Waals surface area contributed by atoms with E-state index < -0.39 is 0 Å². The molecule has 0 spiro atoms. The molecule has 0 aliphatic carbocycles. The number of benzene rings is 2. The first-order valence-corrected chi connectivity index (χ1v) is 7.31. The standard InChI is InChI=1S/C15H13N3OS/c1-20-9-6-7-12(13(19)8-9)14-10-4-2-3-5-11(10)15(16)18-17-14/h2-8,19H,1H3,(H2,16,18). The lowest BCUT2D eigenvalue weighted by Crippen LogP contribution is -1.97. The van der Waals surface area contributed by atoms with Crippen LogP contribution in [0.5, 0.6) is 5.75 Å². The molecular formula is C15H13N3OS. The molecular weight excluding hydrogens is 270 g/mol. The highest BCUT2D eigenvalue weighted by Gasteiger charge is 2.12. The van der Waals surface area contributed by atoms with E-state index >= 15 is 0 Å².